The number of piperidine rings is 1. The highest BCUT2D eigenvalue weighted by Gasteiger charge is 2.41. The van der Waals surface area contributed by atoms with Gasteiger partial charge in [0, 0.05) is 43.4 Å². The zero-order valence-electron chi connectivity index (χ0n) is 23.2. The third kappa shape index (κ3) is 7.00. The van der Waals surface area contributed by atoms with E-state index in [9.17, 15) is 31.1 Å². The number of benzene rings is 2. The fraction of sp³-hybridized carbons (Fsp3) is 0.323. The van der Waals surface area contributed by atoms with Gasteiger partial charge in [-0.1, -0.05) is 31.2 Å². The van der Waals surface area contributed by atoms with Crippen LogP contribution in [0.4, 0.5) is 32.0 Å². The van der Waals surface area contributed by atoms with E-state index in [0.717, 1.165) is 48.8 Å². The molecule has 0 bridgehead atoms. The van der Waals surface area contributed by atoms with Crippen LogP contribution in [-0.4, -0.2) is 36.4 Å². The van der Waals surface area contributed by atoms with Crippen molar-refractivity contribution in [2.24, 2.45) is 0 Å². The van der Waals surface area contributed by atoms with Crippen molar-refractivity contribution in [2.75, 3.05) is 18.0 Å². The molecule has 1 saturated heterocycles. The second-order valence-electron chi connectivity index (χ2n) is 10.4. The largest absolute Gasteiger partial charge is 0.573 e. The quantitative estimate of drug-likeness (QED) is 0.335. The first-order valence-electron chi connectivity index (χ1n) is 13.9. The minimum Gasteiger partial charge on any atom is -0.406 e. The summed E-state index contributed by atoms with van der Waals surface area (Å²) in [6.07, 6.45) is -2.22. The van der Waals surface area contributed by atoms with Crippen LogP contribution in [0.3, 0.4) is 0 Å². The zero-order chi connectivity index (χ0) is 30.8. The molecule has 6 nitrogen and oxygen atoms in total. The number of hydrogen-bond donors (Lipinski definition) is 2. The fourth-order valence-corrected chi connectivity index (χ4v) is 5.49. The number of rotatable bonds is 7. The maximum absolute atomic E-state index is 13.6. The molecule has 43 heavy (non-hydrogen) atoms. The number of nitrogens with zero attached hydrogens (tertiary/aromatic N) is 2. The van der Waals surface area contributed by atoms with Gasteiger partial charge in [-0.25, -0.2) is 0 Å². The maximum atomic E-state index is 13.6. The second-order valence-corrected chi connectivity index (χ2v) is 10.4. The first kappa shape index (κ1) is 30.1. The third-order valence-electron chi connectivity index (χ3n) is 7.65. The summed E-state index contributed by atoms with van der Waals surface area (Å²) in [6, 6.07) is 13.7. The van der Waals surface area contributed by atoms with Crippen LogP contribution < -0.4 is 20.3 Å². The number of amides is 1. The number of hydrogen-bond acceptors (Lipinski definition) is 5. The number of allylic oxidation sites excluding steroid dienone is 4. The molecule has 1 amide bonds. The minimum absolute atomic E-state index is 0.119. The van der Waals surface area contributed by atoms with Crippen LogP contribution in [0.1, 0.15) is 43.2 Å². The number of ether oxygens (including phenoxy) is 1. The summed E-state index contributed by atoms with van der Waals surface area (Å²) >= 11 is 0. The van der Waals surface area contributed by atoms with E-state index in [0.29, 0.717) is 12.1 Å². The Morgan fingerprint density at radius 3 is 2.28 bits per heavy atom. The van der Waals surface area contributed by atoms with E-state index in [-0.39, 0.29) is 29.6 Å². The van der Waals surface area contributed by atoms with Gasteiger partial charge in [-0.05, 0) is 72.7 Å². The molecular weight excluding hydrogens is 574 g/mol. The molecule has 228 valence electrons. The molecule has 0 spiro atoms. The average molecular weight is 605 g/mol. The highest BCUT2D eigenvalue weighted by Crippen LogP contribution is 2.39. The van der Waals surface area contributed by atoms with E-state index in [2.05, 4.69) is 20.3 Å². The van der Waals surface area contributed by atoms with Gasteiger partial charge in [0.1, 0.15) is 11.4 Å². The summed E-state index contributed by atoms with van der Waals surface area (Å²) in [4.78, 5) is 16.7. The summed E-state index contributed by atoms with van der Waals surface area (Å²) in [6.45, 7) is 3.55. The number of halogens is 6. The SMILES string of the molecule is CCC1=C(C(=O)NCc2ccc(N3CCC(c4ccc(OC(F)(F)F)cc4)CC3)cc2)N2C=CC=C(C(F)(F)F)C2=CN1. The number of anilines is 1. The van der Waals surface area contributed by atoms with Gasteiger partial charge in [-0.3, -0.25) is 4.79 Å². The van der Waals surface area contributed by atoms with E-state index in [1.54, 1.807) is 12.1 Å². The van der Waals surface area contributed by atoms with Crippen LogP contribution in [0.25, 0.3) is 0 Å². The number of carbonyl (C=O) groups is 1. The van der Waals surface area contributed by atoms with Crippen molar-refractivity contribution in [3.05, 3.63) is 107 Å². The molecule has 3 aliphatic heterocycles. The predicted molar refractivity (Wildman–Crippen MR) is 149 cm³/mol. The number of carbonyl (C=O) groups excluding carboxylic acids is 1. The summed E-state index contributed by atoms with van der Waals surface area (Å²) in [5.74, 6) is -0.497. The van der Waals surface area contributed by atoms with Gasteiger partial charge in [0.15, 0.2) is 0 Å². The van der Waals surface area contributed by atoms with Crippen LogP contribution >= 0.6 is 0 Å². The molecule has 0 atom stereocenters. The Kier molecular flexibility index (Phi) is 8.48. The molecule has 1 fully saturated rings. The number of fused-ring (bicyclic) bond motifs is 1. The second kappa shape index (κ2) is 12.1. The predicted octanol–water partition coefficient (Wildman–Crippen LogP) is 6.97. The van der Waals surface area contributed by atoms with Gasteiger partial charge in [0.25, 0.3) is 5.91 Å². The molecule has 0 unspecified atom stereocenters. The Labute approximate surface area is 245 Å². The van der Waals surface area contributed by atoms with E-state index in [1.807, 2.05) is 31.2 Å². The zero-order valence-corrected chi connectivity index (χ0v) is 23.2. The van der Waals surface area contributed by atoms with Gasteiger partial charge in [0.2, 0.25) is 0 Å². The lowest BCUT2D eigenvalue weighted by Crippen LogP contribution is -2.40. The van der Waals surface area contributed by atoms with Crippen molar-refractivity contribution in [1.82, 2.24) is 15.5 Å². The van der Waals surface area contributed by atoms with Gasteiger partial charge < -0.3 is 25.2 Å². The van der Waals surface area contributed by atoms with Gasteiger partial charge >= 0.3 is 12.5 Å². The topological polar surface area (TPSA) is 56.8 Å². The summed E-state index contributed by atoms with van der Waals surface area (Å²) in [7, 11) is 0. The molecule has 0 aliphatic carbocycles. The molecule has 3 heterocycles. The van der Waals surface area contributed by atoms with Crippen LogP contribution in [0.2, 0.25) is 0 Å². The highest BCUT2D eigenvalue weighted by molar-refractivity contribution is 5.94. The normalized spacial score (nSPS) is 17.7. The molecule has 0 radical (unpaired) electrons. The minimum atomic E-state index is -4.72. The van der Waals surface area contributed by atoms with E-state index in [4.69, 9.17) is 0 Å². The molecule has 0 aromatic heterocycles. The Hall–Kier alpha value is -4.35. The van der Waals surface area contributed by atoms with Gasteiger partial charge in [-0.2, -0.15) is 13.2 Å². The van der Waals surface area contributed by atoms with Crippen molar-refractivity contribution >= 4 is 11.6 Å². The summed E-state index contributed by atoms with van der Waals surface area (Å²) < 4.78 is 81.9. The van der Waals surface area contributed by atoms with Gasteiger partial charge in [0.05, 0.1) is 11.3 Å². The lowest BCUT2D eigenvalue weighted by Gasteiger charge is -2.35. The summed E-state index contributed by atoms with van der Waals surface area (Å²) in [5.41, 5.74) is 2.47. The number of nitrogens with one attached hydrogen (secondary N) is 2. The Bertz CT molecular complexity index is 1450. The van der Waals surface area contributed by atoms with Crippen LogP contribution in [0.5, 0.6) is 5.75 Å². The van der Waals surface area contributed by atoms with Gasteiger partial charge in [-0.15, -0.1) is 13.2 Å². The third-order valence-corrected chi connectivity index (χ3v) is 7.65. The average Bonchev–Trinajstić information content (AvgIpc) is 2.98. The Morgan fingerprint density at radius 2 is 1.67 bits per heavy atom. The van der Waals surface area contributed by atoms with Crippen molar-refractivity contribution < 1.29 is 35.9 Å². The molecule has 2 aromatic rings. The molecule has 0 saturated carbocycles. The van der Waals surface area contributed by atoms with E-state index >= 15 is 0 Å². The Balaban J connectivity index is 1.16. The number of alkyl halides is 6. The lowest BCUT2D eigenvalue weighted by atomic mass is 9.89. The molecule has 2 aromatic carbocycles. The van der Waals surface area contributed by atoms with E-state index < -0.39 is 24.0 Å². The van der Waals surface area contributed by atoms with Crippen molar-refractivity contribution in [1.29, 1.82) is 0 Å². The molecule has 2 N–H and O–H groups in total. The highest BCUT2D eigenvalue weighted by atomic mass is 19.4. The molecular formula is C31H30F6N4O2. The first-order chi connectivity index (χ1) is 20.4. The van der Waals surface area contributed by atoms with Crippen molar-refractivity contribution in [3.63, 3.8) is 0 Å². The smallest absolute Gasteiger partial charge is 0.406 e. The Morgan fingerprint density at radius 1 is 1.00 bits per heavy atom. The van der Waals surface area contributed by atoms with Crippen LogP contribution in [-0.2, 0) is 11.3 Å². The van der Waals surface area contributed by atoms with E-state index in [1.165, 1.54) is 35.5 Å². The molecule has 5 rings (SSSR count). The fourth-order valence-electron chi connectivity index (χ4n) is 5.49. The van der Waals surface area contributed by atoms with Crippen molar-refractivity contribution in [3.8, 4) is 5.75 Å². The van der Waals surface area contributed by atoms with Crippen LogP contribution in [0.15, 0.2) is 95.7 Å². The molecule has 12 heteroatoms. The van der Waals surface area contributed by atoms with Crippen LogP contribution in [0, 0.1) is 0 Å². The molecule has 3 aliphatic rings. The summed E-state index contributed by atoms with van der Waals surface area (Å²) in [5, 5.41) is 5.69. The lowest BCUT2D eigenvalue weighted by molar-refractivity contribution is -0.274. The maximum Gasteiger partial charge on any atom is 0.573 e. The van der Waals surface area contributed by atoms with Crippen molar-refractivity contribution in [2.45, 2.75) is 51.2 Å². The first-order valence-corrected chi connectivity index (χ1v) is 13.9. The standard InChI is InChI=1S/C31H30F6N4O2/c1-2-26-28(41-15-3-4-25(30(32,33)34)27(41)19-38-26)29(42)39-18-20-5-9-23(10-6-20)40-16-13-22(14-17-40)21-7-11-24(12-8-21)43-31(35,36)37/h3-12,15,19,22,38H,2,13-14,16-18H2,1H3,(H,39,42). The monoisotopic (exact) mass is 604 g/mol.